The Morgan fingerprint density at radius 1 is 0.909 bits per heavy atom. The summed E-state index contributed by atoms with van der Waals surface area (Å²) >= 11 is 0. The fraction of sp³-hybridized carbons (Fsp3) is 0.543. The lowest BCUT2D eigenvalue weighted by Gasteiger charge is -2.28. The Hall–Kier alpha value is -3.72. The van der Waals surface area contributed by atoms with E-state index in [4.69, 9.17) is 9.47 Å². The lowest BCUT2D eigenvalue weighted by Crippen LogP contribution is -2.55. The van der Waals surface area contributed by atoms with E-state index in [9.17, 15) is 19.2 Å². The third-order valence-corrected chi connectivity index (χ3v) is 7.49. The van der Waals surface area contributed by atoms with Crippen LogP contribution in [-0.4, -0.2) is 63.9 Å². The highest BCUT2D eigenvalue weighted by atomic mass is 16.6. The number of imide groups is 1. The zero-order chi connectivity index (χ0) is 32.1. The minimum Gasteiger partial charge on any atom is -0.460 e. The highest BCUT2D eigenvalue weighted by Crippen LogP contribution is 2.23. The summed E-state index contributed by atoms with van der Waals surface area (Å²) in [7, 11) is 0. The normalized spacial score (nSPS) is 16.5. The van der Waals surface area contributed by atoms with Crippen LogP contribution in [0.2, 0.25) is 0 Å². The molecule has 3 rings (SSSR count). The number of unbranched alkanes of at least 4 members (excludes halogenated alkanes) is 5. The van der Waals surface area contributed by atoms with Crippen LogP contribution in [0.3, 0.4) is 0 Å². The molecule has 0 unspecified atom stereocenters. The lowest BCUT2D eigenvalue weighted by molar-refractivity contribution is -0.162. The van der Waals surface area contributed by atoms with Gasteiger partial charge in [-0.25, -0.2) is 14.5 Å². The highest BCUT2D eigenvalue weighted by molar-refractivity contribution is 6.03. The van der Waals surface area contributed by atoms with Gasteiger partial charge in [0.25, 0.3) is 0 Å². The van der Waals surface area contributed by atoms with Gasteiger partial charge in [0.05, 0.1) is 12.6 Å². The quantitative estimate of drug-likeness (QED) is 0.184. The zero-order valence-corrected chi connectivity index (χ0v) is 26.9. The van der Waals surface area contributed by atoms with E-state index in [1.54, 1.807) is 27.7 Å². The number of hydrogen-bond donors (Lipinski definition) is 1. The maximum Gasteiger partial charge on any atom is 0.331 e. The number of nitrogens with one attached hydrogen (secondary N) is 1. The number of benzene rings is 2. The molecule has 0 radical (unpaired) electrons. The first-order chi connectivity index (χ1) is 21.0. The van der Waals surface area contributed by atoms with Crippen molar-refractivity contribution in [2.75, 3.05) is 6.54 Å². The van der Waals surface area contributed by atoms with Crippen molar-refractivity contribution in [3.8, 4) is 0 Å². The number of esters is 2. The van der Waals surface area contributed by atoms with Crippen LogP contribution < -0.4 is 5.32 Å². The molecule has 3 atom stereocenters. The average molecular weight is 608 g/mol. The van der Waals surface area contributed by atoms with Gasteiger partial charge < -0.3 is 14.4 Å². The lowest BCUT2D eigenvalue weighted by atomic mass is 10.0. The zero-order valence-electron chi connectivity index (χ0n) is 26.9. The van der Waals surface area contributed by atoms with Crippen LogP contribution in [0.25, 0.3) is 0 Å². The third kappa shape index (κ3) is 10.8. The smallest absolute Gasteiger partial charge is 0.331 e. The summed E-state index contributed by atoms with van der Waals surface area (Å²) in [4.78, 5) is 56.5. The van der Waals surface area contributed by atoms with Crippen LogP contribution >= 0.6 is 0 Å². The third-order valence-electron chi connectivity index (χ3n) is 7.49. The van der Waals surface area contributed by atoms with E-state index in [0.717, 1.165) is 48.1 Å². The van der Waals surface area contributed by atoms with Gasteiger partial charge in [-0.05, 0) is 45.2 Å². The van der Waals surface area contributed by atoms with Gasteiger partial charge in [0.1, 0.15) is 18.2 Å². The molecule has 1 aliphatic heterocycles. The predicted molar refractivity (Wildman–Crippen MR) is 169 cm³/mol. The van der Waals surface area contributed by atoms with Crippen molar-refractivity contribution in [2.24, 2.45) is 0 Å². The van der Waals surface area contributed by atoms with Crippen LogP contribution in [0.1, 0.15) is 90.7 Å². The summed E-state index contributed by atoms with van der Waals surface area (Å²) in [5, 5.41) is 3.14. The molecule has 1 N–H and O–H groups in total. The Bertz CT molecular complexity index is 1210. The van der Waals surface area contributed by atoms with Crippen LogP contribution in [0.15, 0.2) is 60.7 Å². The molecule has 1 saturated heterocycles. The van der Waals surface area contributed by atoms with Crippen molar-refractivity contribution in [2.45, 2.75) is 116 Å². The molecule has 2 aromatic carbocycles. The number of hydrogen-bond acceptors (Lipinski definition) is 7. The van der Waals surface area contributed by atoms with Gasteiger partial charge in [-0.15, -0.1) is 0 Å². The molecule has 1 aliphatic rings. The average Bonchev–Trinajstić information content (AvgIpc) is 3.32. The Kier molecular flexibility index (Phi) is 13.4. The van der Waals surface area contributed by atoms with E-state index >= 15 is 0 Å². The molecule has 9 nitrogen and oxygen atoms in total. The second-order valence-electron chi connectivity index (χ2n) is 12.5. The molecule has 44 heavy (non-hydrogen) atoms. The van der Waals surface area contributed by atoms with Crippen molar-refractivity contribution >= 4 is 23.9 Å². The number of rotatable bonds is 16. The summed E-state index contributed by atoms with van der Waals surface area (Å²) in [5.74, 6) is -1.69. The van der Waals surface area contributed by atoms with Gasteiger partial charge >= 0.3 is 18.0 Å². The summed E-state index contributed by atoms with van der Waals surface area (Å²) in [5.41, 5.74) is 0.949. The standard InChI is InChI=1S/C35H49N3O6/c1-6-7-8-9-10-17-22-29(32(40)43-25-28-20-15-12-16-21-28)36-26(2)31(39)38-30(33(41)44-35(3,4)5)24-37(34(38)42)23-27-18-13-11-14-19-27/h11-16,18-21,26,29-30,36H,6-10,17,22-25H2,1-5H3/t26-,29+,30+/m1/s1. The molecular formula is C35H49N3O6. The van der Waals surface area contributed by atoms with Gasteiger partial charge in [0.15, 0.2) is 6.04 Å². The SMILES string of the molecule is CCCCCCCC[C@H](N[C@H](C)C(=O)N1C(=O)N(Cc2ccccc2)C[C@H]1C(=O)OC(C)(C)C)C(=O)OCc1ccccc1. The molecule has 1 fully saturated rings. The number of carbonyl (C=O) groups is 4. The van der Waals surface area contributed by atoms with E-state index in [1.807, 2.05) is 60.7 Å². The van der Waals surface area contributed by atoms with Crippen LogP contribution in [0.5, 0.6) is 0 Å². The maximum atomic E-state index is 13.9. The van der Waals surface area contributed by atoms with E-state index in [2.05, 4.69) is 12.2 Å². The first-order valence-corrected chi connectivity index (χ1v) is 15.9. The van der Waals surface area contributed by atoms with Crippen molar-refractivity contribution in [3.63, 3.8) is 0 Å². The molecular weight excluding hydrogens is 558 g/mol. The van der Waals surface area contributed by atoms with E-state index < -0.39 is 47.6 Å². The highest BCUT2D eigenvalue weighted by Gasteiger charge is 2.48. The molecule has 0 saturated carbocycles. The summed E-state index contributed by atoms with van der Waals surface area (Å²) in [6.07, 6.45) is 6.79. The minimum atomic E-state index is -1.11. The van der Waals surface area contributed by atoms with Gasteiger partial charge in [0, 0.05) is 6.54 Å². The van der Waals surface area contributed by atoms with Crippen molar-refractivity contribution in [1.29, 1.82) is 0 Å². The molecule has 0 bridgehead atoms. The minimum absolute atomic E-state index is 0.0153. The van der Waals surface area contributed by atoms with Gasteiger partial charge in [-0.1, -0.05) is 106 Å². The number of amides is 3. The van der Waals surface area contributed by atoms with E-state index in [-0.39, 0.29) is 19.7 Å². The monoisotopic (exact) mass is 607 g/mol. The number of ether oxygens (including phenoxy) is 2. The number of urea groups is 1. The molecule has 240 valence electrons. The first kappa shape index (κ1) is 34.8. The summed E-state index contributed by atoms with van der Waals surface area (Å²) in [6, 6.07) is 15.5. The van der Waals surface area contributed by atoms with Crippen molar-refractivity contribution in [1.82, 2.24) is 15.1 Å². The van der Waals surface area contributed by atoms with Gasteiger partial charge in [0.2, 0.25) is 5.91 Å². The summed E-state index contributed by atoms with van der Waals surface area (Å²) in [6.45, 7) is 9.39. The maximum absolute atomic E-state index is 13.9. The van der Waals surface area contributed by atoms with Crippen LogP contribution in [-0.2, 0) is 37.0 Å². The topological polar surface area (TPSA) is 105 Å². The molecule has 9 heteroatoms. The molecule has 3 amide bonds. The molecule has 0 spiro atoms. The largest absolute Gasteiger partial charge is 0.460 e. The Labute approximate surface area is 262 Å². The number of nitrogens with zero attached hydrogens (tertiary/aromatic N) is 2. The van der Waals surface area contributed by atoms with E-state index in [1.165, 1.54) is 11.3 Å². The predicted octanol–water partition coefficient (Wildman–Crippen LogP) is 6.00. The second kappa shape index (κ2) is 16.9. The van der Waals surface area contributed by atoms with Gasteiger partial charge in [-0.3, -0.25) is 14.9 Å². The van der Waals surface area contributed by atoms with Crippen LogP contribution in [0.4, 0.5) is 4.79 Å². The van der Waals surface area contributed by atoms with Crippen LogP contribution in [0, 0.1) is 0 Å². The Morgan fingerprint density at radius 3 is 2.11 bits per heavy atom. The second-order valence-corrected chi connectivity index (χ2v) is 12.5. The molecule has 0 aromatic heterocycles. The Balaban J connectivity index is 1.75. The van der Waals surface area contributed by atoms with E-state index in [0.29, 0.717) is 6.42 Å². The fourth-order valence-corrected chi connectivity index (χ4v) is 5.20. The Morgan fingerprint density at radius 2 is 1.50 bits per heavy atom. The number of carbonyl (C=O) groups excluding carboxylic acids is 4. The molecule has 1 heterocycles. The summed E-state index contributed by atoms with van der Waals surface area (Å²) < 4.78 is 11.2. The van der Waals surface area contributed by atoms with Crippen molar-refractivity contribution < 1.29 is 28.7 Å². The fourth-order valence-electron chi connectivity index (χ4n) is 5.20. The first-order valence-electron chi connectivity index (χ1n) is 15.9. The van der Waals surface area contributed by atoms with Crippen molar-refractivity contribution in [3.05, 3.63) is 71.8 Å². The van der Waals surface area contributed by atoms with Gasteiger partial charge in [-0.2, -0.15) is 0 Å². The molecule has 0 aliphatic carbocycles. The molecule has 2 aromatic rings.